The lowest BCUT2D eigenvalue weighted by molar-refractivity contribution is 0.291. The molecule has 0 aromatic carbocycles. The molecule has 1 rings (SSSR count). The third-order valence-electron chi connectivity index (χ3n) is 1.71. The summed E-state index contributed by atoms with van der Waals surface area (Å²) in [5, 5.41) is 9.19. The topological polar surface area (TPSA) is 54.4 Å². The molecule has 1 unspecified atom stereocenters. The van der Waals surface area contributed by atoms with Crippen molar-refractivity contribution in [1.29, 1.82) is 0 Å². The molecule has 66 valence electrons. The molecule has 0 aromatic heterocycles. The zero-order valence-corrected chi connectivity index (χ0v) is 7.50. The first kappa shape index (κ1) is 9.22. The van der Waals surface area contributed by atoms with Gasteiger partial charge in [-0.3, -0.25) is 0 Å². The van der Waals surface area contributed by atoms with Crippen molar-refractivity contribution in [2.45, 2.75) is 19.4 Å². The van der Waals surface area contributed by atoms with Gasteiger partial charge in [0.1, 0.15) is 11.0 Å². The average molecular weight is 186 g/mol. The highest BCUT2D eigenvalue weighted by Crippen LogP contribution is 2.10. The van der Waals surface area contributed by atoms with Crippen molar-refractivity contribution in [3.05, 3.63) is 23.8 Å². The lowest BCUT2D eigenvalue weighted by Gasteiger charge is -2.09. The smallest absolute Gasteiger partial charge is 0.220 e. The van der Waals surface area contributed by atoms with Crippen molar-refractivity contribution in [2.75, 3.05) is 0 Å². The monoisotopic (exact) mass is 186 g/mol. The van der Waals surface area contributed by atoms with Crippen molar-refractivity contribution < 1.29 is 13.5 Å². The van der Waals surface area contributed by atoms with Crippen molar-refractivity contribution in [2.24, 2.45) is 0 Å². The Hall–Kier alpha value is -0.870. The van der Waals surface area contributed by atoms with Crippen LogP contribution in [0.4, 0.5) is 0 Å². The van der Waals surface area contributed by atoms with Crippen molar-refractivity contribution in [3.8, 4) is 0 Å². The van der Waals surface area contributed by atoms with E-state index in [1.807, 2.05) is 6.92 Å². The quantitative estimate of drug-likeness (QED) is 0.599. The van der Waals surface area contributed by atoms with Gasteiger partial charge in [0.2, 0.25) is 10.3 Å². The summed E-state index contributed by atoms with van der Waals surface area (Å²) >= 11 is 0. The maximum atomic E-state index is 10.6. The van der Waals surface area contributed by atoms with Crippen LogP contribution in [0, 0.1) is 0 Å². The Bertz CT molecular complexity index is 352. The summed E-state index contributed by atoms with van der Waals surface area (Å²) in [6.45, 7) is 1.93. The van der Waals surface area contributed by atoms with Crippen molar-refractivity contribution in [3.63, 3.8) is 0 Å². The second kappa shape index (κ2) is 3.69. The maximum Gasteiger partial charge on any atom is 0.220 e. The SMILES string of the molecule is CCC1=CC(=S(=O)=O)C(O)C=C1. The Morgan fingerprint density at radius 2 is 2.25 bits per heavy atom. The normalized spacial score (nSPS) is 22.3. The summed E-state index contributed by atoms with van der Waals surface area (Å²) in [6, 6.07) is 0. The standard InChI is InChI=1S/C8H10O3S/c1-2-6-3-4-7(9)8(5-6)12(10)11/h3-5,7,9H,2H2,1H3. The molecule has 3 nitrogen and oxygen atoms in total. The fraction of sp³-hybridized carbons (Fsp3) is 0.375. The summed E-state index contributed by atoms with van der Waals surface area (Å²) < 4.78 is 21.1. The van der Waals surface area contributed by atoms with E-state index in [1.54, 1.807) is 6.08 Å². The van der Waals surface area contributed by atoms with Gasteiger partial charge < -0.3 is 5.11 Å². The van der Waals surface area contributed by atoms with Gasteiger partial charge >= 0.3 is 0 Å². The molecule has 1 aliphatic rings. The van der Waals surface area contributed by atoms with E-state index < -0.39 is 16.4 Å². The molecule has 0 aromatic rings. The van der Waals surface area contributed by atoms with E-state index in [0.29, 0.717) is 0 Å². The second-order valence-electron chi connectivity index (χ2n) is 2.51. The highest BCUT2D eigenvalue weighted by Gasteiger charge is 2.12. The highest BCUT2D eigenvalue weighted by molar-refractivity contribution is 7.73. The summed E-state index contributed by atoms with van der Waals surface area (Å²) in [5.74, 6) is 0. The van der Waals surface area contributed by atoms with Crippen LogP contribution in [-0.4, -0.2) is 24.5 Å². The Morgan fingerprint density at radius 3 is 2.75 bits per heavy atom. The van der Waals surface area contributed by atoms with Crippen LogP contribution < -0.4 is 0 Å². The Kier molecular flexibility index (Phi) is 2.83. The number of hydrogen-bond donors (Lipinski definition) is 1. The Labute approximate surface area is 72.6 Å². The average Bonchev–Trinajstić information content (AvgIpc) is 2.05. The summed E-state index contributed by atoms with van der Waals surface area (Å²) in [6.07, 6.45) is 4.52. The molecular weight excluding hydrogens is 176 g/mol. The van der Waals surface area contributed by atoms with Gasteiger partial charge in [-0.2, -0.15) is 8.42 Å². The Morgan fingerprint density at radius 1 is 1.58 bits per heavy atom. The van der Waals surface area contributed by atoms with Crippen LogP contribution in [0.2, 0.25) is 0 Å². The first-order chi connectivity index (χ1) is 5.65. The van der Waals surface area contributed by atoms with Gasteiger partial charge in [-0.25, -0.2) is 0 Å². The minimum Gasteiger partial charge on any atom is -0.383 e. The van der Waals surface area contributed by atoms with Gasteiger partial charge in [0.15, 0.2) is 0 Å². The Balaban J connectivity index is 3.14. The number of aliphatic hydroxyl groups is 1. The van der Waals surface area contributed by atoms with Crippen LogP contribution in [-0.2, 0) is 10.3 Å². The summed E-state index contributed by atoms with van der Waals surface area (Å²) in [5.41, 5.74) is 0.916. The minimum absolute atomic E-state index is 0.0503. The maximum absolute atomic E-state index is 10.6. The van der Waals surface area contributed by atoms with Gasteiger partial charge in [0.25, 0.3) is 0 Å². The van der Waals surface area contributed by atoms with E-state index in [-0.39, 0.29) is 4.86 Å². The second-order valence-corrected chi connectivity index (χ2v) is 3.45. The van der Waals surface area contributed by atoms with E-state index in [1.165, 1.54) is 12.2 Å². The third-order valence-corrected chi connectivity index (χ3v) is 2.46. The van der Waals surface area contributed by atoms with Crippen LogP contribution >= 0.6 is 0 Å². The first-order valence-corrected chi connectivity index (χ1v) is 4.75. The zero-order chi connectivity index (χ0) is 9.14. The molecule has 0 saturated carbocycles. The number of aliphatic hydroxyl groups excluding tert-OH is 1. The lowest BCUT2D eigenvalue weighted by Crippen LogP contribution is -2.19. The van der Waals surface area contributed by atoms with E-state index >= 15 is 0 Å². The molecule has 1 atom stereocenters. The predicted octanol–water partition coefficient (Wildman–Crippen LogP) is 0.305. The van der Waals surface area contributed by atoms with Gasteiger partial charge in [-0.1, -0.05) is 19.1 Å². The molecule has 0 radical (unpaired) electrons. The first-order valence-electron chi connectivity index (χ1n) is 3.68. The van der Waals surface area contributed by atoms with Crippen LogP contribution in [0.15, 0.2) is 23.8 Å². The predicted molar refractivity (Wildman–Crippen MR) is 47.4 cm³/mol. The fourth-order valence-corrected chi connectivity index (χ4v) is 1.52. The number of hydrogen-bond acceptors (Lipinski definition) is 3. The van der Waals surface area contributed by atoms with E-state index in [4.69, 9.17) is 0 Å². The van der Waals surface area contributed by atoms with Crippen LogP contribution in [0.5, 0.6) is 0 Å². The molecule has 1 aliphatic carbocycles. The van der Waals surface area contributed by atoms with Gasteiger partial charge in [-0.15, -0.1) is 0 Å². The van der Waals surface area contributed by atoms with Crippen LogP contribution in [0.3, 0.4) is 0 Å². The zero-order valence-electron chi connectivity index (χ0n) is 6.69. The van der Waals surface area contributed by atoms with Gasteiger partial charge in [-0.05, 0) is 18.1 Å². The molecule has 0 bridgehead atoms. The molecule has 0 amide bonds. The minimum atomic E-state index is -2.32. The highest BCUT2D eigenvalue weighted by atomic mass is 32.2. The lowest BCUT2D eigenvalue weighted by atomic mass is 10.0. The fourth-order valence-electron chi connectivity index (χ4n) is 0.992. The van der Waals surface area contributed by atoms with Gasteiger partial charge in [0.05, 0.1) is 0 Å². The molecule has 0 aliphatic heterocycles. The summed E-state index contributed by atoms with van der Waals surface area (Å²) in [7, 11) is -2.32. The van der Waals surface area contributed by atoms with Crippen molar-refractivity contribution in [1.82, 2.24) is 0 Å². The molecule has 0 spiro atoms. The largest absolute Gasteiger partial charge is 0.383 e. The van der Waals surface area contributed by atoms with Crippen LogP contribution in [0.1, 0.15) is 13.3 Å². The molecular formula is C8H10O3S. The van der Waals surface area contributed by atoms with Gasteiger partial charge in [0, 0.05) is 0 Å². The molecule has 1 N–H and O–H groups in total. The van der Waals surface area contributed by atoms with Crippen molar-refractivity contribution >= 4 is 15.2 Å². The van der Waals surface area contributed by atoms with E-state index in [2.05, 4.69) is 0 Å². The molecule has 0 fully saturated rings. The summed E-state index contributed by atoms with van der Waals surface area (Å²) in [4.78, 5) is 0.0503. The molecule has 4 heteroatoms. The number of rotatable bonds is 1. The van der Waals surface area contributed by atoms with E-state index in [0.717, 1.165) is 12.0 Å². The number of allylic oxidation sites excluding steroid dienone is 2. The van der Waals surface area contributed by atoms with Crippen LogP contribution in [0.25, 0.3) is 0 Å². The van der Waals surface area contributed by atoms with E-state index in [9.17, 15) is 13.5 Å². The molecule has 0 saturated heterocycles. The molecule has 12 heavy (non-hydrogen) atoms. The third kappa shape index (κ3) is 1.84. The molecule has 0 heterocycles.